The molecule has 0 aromatic rings. The van der Waals surface area contributed by atoms with Crippen LogP contribution < -0.4 is 0 Å². The van der Waals surface area contributed by atoms with Gasteiger partial charge in [-0.15, -0.1) is 0 Å². The number of hydrogen-bond acceptors (Lipinski definition) is 2. The molecule has 0 amide bonds. The molecule has 0 N–H and O–H groups in total. The van der Waals surface area contributed by atoms with E-state index in [1.54, 1.807) is 0 Å². The van der Waals surface area contributed by atoms with Crippen molar-refractivity contribution >= 4 is 12.6 Å². The molecule has 1 unspecified atom stereocenters. The molecule has 1 heterocycles. The molecule has 0 spiro atoms. The van der Waals surface area contributed by atoms with Crippen LogP contribution in [0.1, 0.15) is 46.5 Å². The highest BCUT2D eigenvalue weighted by Gasteiger charge is 2.40. The van der Waals surface area contributed by atoms with Crippen LogP contribution in [0.25, 0.3) is 0 Å². The third-order valence-corrected chi connectivity index (χ3v) is 5.48. The maximum atomic E-state index is 4.56. The Hall–Kier alpha value is 0.310. The lowest BCUT2D eigenvalue weighted by atomic mass is 9.70. The number of hydrogen-bond donors (Lipinski definition) is 1. The van der Waals surface area contributed by atoms with Gasteiger partial charge >= 0.3 is 0 Å². The predicted molar refractivity (Wildman–Crippen MR) is 74.1 cm³/mol. The lowest BCUT2D eigenvalue weighted by Gasteiger charge is -2.43. The number of thiol groups is 1. The Balaban J connectivity index is 1.85. The zero-order valence-corrected chi connectivity index (χ0v) is 12.0. The van der Waals surface area contributed by atoms with Crippen molar-refractivity contribution in [2.24, 2.45) is 16.7 Å². The molecule has 94 valence electrons. The maximum Gasteiger partial charge on any atom is 0.00459 e. The van der Waals surface area contributed by atoms with Crippen LogP contribution in [0.2, 0.25) is 0 Å². The third kappa shape index (κ3) is 2.59. The van der Waals surface area contributed by atoms with Crippen LogP contribution in [0.4, 0.5) is 0 Å². The summed E-state index contributed by atoms with van der Waals surface area (Å²) >= 11 is 4.56. The van der Waals surface area contributed by atoms with Gasteiger partial charge in [0.05, 0.1) is 0 Å². The SMILES string of the molecule is CC(C)(C)C1CCN(CC2(CS)CCC2)C1. The number of likely N-dealkylation sites (tertiary alicyclic amines) is 1. The van der Waals surface area contributed by atoms with E-state index in [4.69, 9.17) is 0 Å². The van der Waals surface area contributed by atoms with Crippen LogP contribution in [0.5, 0.6) is 0 Å². The zero-order valence-electron chi connectivity index (χ0n) is 11.1. The maximum absolute atomic E-state index is 4.56. The lowest BCUT2D eigenvalue weighted by molar-refractivity contribution is 0.0971. The Labute approximate surface area is 106 Å². The quantitative estimate of drug-likeness (QED) is 0.741. The van der Waals surface area contributed by atoms with Crippen molar-refractivity contribution in [3.05, 3.63) is 0 Å². The minimum absolute atomic E-state index is 0.489. The van der Waals surface area contributed by atoms with Gasteiger partial charge in [-0.2, -0.15) is 12.6 Å². The summed E-state index contributed by atoms with van der Waals surface area (Å²) in [5, 5.41) is 0. The molecule has 2 aliphatic rings. The van der Waals surface area contributed by atoms with Crippen LogP contribution in [-0.2, 0) is 0 Å². The third-order valence-electron chi connectivity index (χ3n) is 4.81. The molecule has 1 nitrogen and oxygen atoms in total. The molecule has 0 radical (unpaired) electrons. The minimum atomic E-state index is 0.489. The van der Waals surface area contributed by atoms with E-state index in [-0.39, 0.29) is 0 Å². The van der Waals surface area contributed by atoms with E-state index < -0.39 is 0 Å². The highest BCUT2D eigenvalue weighted by molar-refractivity contribution is 7.80. The van der Waals surface area contributed by atoms with Crippen LogP contribution in [0, 0.1) is 16.7 Å². The lowest BCUT2D eigenvalue weighted by Crippen LogP contribution is -2.43. The van der Waals surface area contributed by atoms with Gasteiger partial charge in [-0.25, -0.2) is 0 Å². The molecule has 1 aliphatic carbocycles. The smallest absolute Gasteiger partial charge is 0.00459 e. The van der Waals surface area contributed by atoms with E-state index in [0.717, 1.165) is 11.7 Å². The van der Waals surface area contributed by atoms with Gasteiger partial charge in [-0.3, -0.25) is 0 Å². The first-order valence-corrected chi connectivity index (χ1v) is 7.42. The van der Waals surface area contributed by atoms with E-state index >= 15 is 0 Å². The van der Waals surface area contributed by atoms with Crippen molar-refractivity contribution in [2.75, 3.05) is 25.4 Å². The average molecular weight is 241 g/mol. The van der Waals surface area contributed by atoms with Gasteiger partial charge in [0.25, 0.3) is 0 Å². The van der Waals surface area contributed by atoms with Gasteiger partial charge in [0, 0.05) is 13.1 Å². The second-order valence-electron chi connectivity index (χ2n) is 7.10. The minimum Gasteiger partial charge on any atom is -0.302 e. The van der Waals surface area contributed by atoms with Crippen molar-refractivity contribution < 1.29 is 0 Å². The molecule has 1 saturated heterocycles. The number of rotatable bonds is 3. The zero-order chi connectivity index (χ0) is 11.8. The van der Waals surface area contributed by atoms with Gasteiger partial charge in [0.15, 0.2) is 0 Å². The summed E-state index contributed by atoms with van der Waals surface area (Å²) in [4.78, 5) is 2.70. The summed E-state index contributed by atoms with van der Waals surface area (Å²) < 4.78 is 0. The molecule has 0 bridgehead atoms. The highest BCUT2D eigenvalue weighted by Crippen LogP contribution is 2.44. The summed E-state index contributed by atoms with van der Waals surface area (Å²) in [5.41, 5.74) is 1.07. The fourth-order valence-electron chi connectivity index (χ4n) is 3.20. The summed E-state index contributed by atoms with van der Waals surface area (Å²) in [6.45, 7) is 11.1. The molecule has 2 heteroatoms. The fraction of sp³-hybridized carbons (Fsp3) is 1.00. The normalized spacial score (nSPS) is 30.4. The molecule has 2 rings (SSSR count). The summed E-state index contributed by atoms with van der Waals surface area (Å²) in [5.74, 6) is 1.98. The van der Waals surface area contributed by atoms with Crippen molar-refractivity contribution in [1.29, 1.82) is 0 Å². The Morgan fingerprint density at radius 3 is 2.38 bits per heavy atom. The highest BCUT2D eigenvalue weighted by atomic mass is 32.1. The first-order chi connectivity index (χ1) is 7.45. The summed E-state index contributed by atoms with van der Waals surface area (Å²) in [6.07, 6.45) is 5.64. The monoisotopic (exact) mass is 241 g/mol. The topological polar surface area (TPSA) is 3.24 Å². The van der Waals surface area contributed by atoms with Gasteiger partial charge in [0.2, 0.25) is 0 Å². The largest absolute Gasteiger partial charge is 0.302 e. The molecule has 16 heavy (non-hydrogen) atoms. The second-order valence-corrected chi connectivity index (χ2v) is 7.41. The molecule has 1 atom stereocenters. The van der Waals surface area contributed by atoms with Crippen molar-refractivity contribution in [3.63, 3.8) is 0 Å². The van der Waals surface area contributed by atoms with E-state index in [1.807, 2.05) is 0 Å². The van der Waals surface area contributed by atoms with Gasteiger partial charge in [-0.05, 0) is 48.3 Å². The summed E-state index contributed by atoms with van der Waals surface area (Å²) in [6, 6.07) is 0. The van der Waals surface area contributed by atoms with Gasteiger partial charge in [0.1, 0.15) is 0 Å². The second kappa shape index (κ2) is 4.53. The van der Waals surface area contributed by atoms with Crippen LogP contribution in [0.3, 0.4) is 0 Å². The first-order valence-electron chi connectivity index (χ1n) is 6.78. The predicted octanol–water partition coefficient (Wildman–Crippen LogP) is 3.45. The standard InChI is InChI=1S/C14H27NS/c1-13(2,3)12-5-8-15(9-12)10-14(11-16)6-4-7-14/h12,16H,4-11H2,1-3H3. The molecule has 0 aromatic carbocycles. The van der Waals surface area contributed by atoms with E-state index in [9.17, 15) is 0 Å². The van der Waals surface area contributed by atoms with Crippen molar-refractivity contribution in [2.45, 2.75) is 46.5 Å². The van der Waals surface area contributed by atoms with Gasteiger partial charge in [-0.1, -0.05) is 27.2 Å². The van der Waals surface area contributed by atoms with Crippen LogP contribution in [-0.4, -0.2) is 30.3 Å². The first kappa shape index (κ1) is 12.8. The summed E-state index contributed by atoms with van der Waals surface area (Å²) in [7, 11) is 0. The van der Waals surface area contributed by atoms with E-state index in [0.29, 0.717) is 10.8 Å². The molecule has 1 aliphatic heterocycles. The van der Waals surface area contributed by atoms with E-state index in [2.05, 4.69) is 38.3 Å². The van der Waals surface area contributed by atoms with Crippen molar-refractivity contribution in [3.8, 4) is 0 Å². The molecule has 0 aromatic heterocycles. The number of nitrogens with zero attached hydrogens (tertiary/aromatic N) is 1. The van der Waals surface area contributed by atoms with E-state index in [1.165, 1.54) is 45.3 Å². The Morgan fingerprint density at radius 2 is 2.00 bits per heavy atom. The molecular weight excluding hydrogens is 214 g/mol. The molecule has 2 fully saturated rings. The van der Waals surface area contributed by atoms with Crippen LogP contribution in [0.15, 0.2) is 0 Å². The van der Waals surface area contributed by atoms with Crippen LogP contribution >= 0.6 is 12.6 Å². The Kier molecular flexibility index (Phi) is 3.61. The molecule has 1 saturated carbocycles. The molecular formula is C14H27NS. The van der Waals surface area contributed by atoms with Gasteiger partial charge < -0.3 is 4.90 Å². The van der Waals surface area contributed by atoms with Crippen molar-refractivity contribution in [1.82, 2.24) is 4.90 Å². The Bertz CT molecular complexity index is 234. The average Bonchev–Trinajstić information content (AvgIpc) is 2.58. The fourth-order valence-corrected chi connectivity index (χ4v) is 3.62. The Morgan fingerprint density at radius 1 is 1.31 bits per heavy atom.